The maximum atomic E-state index is 8.77. The lowest BCUT2D eigenvalue weighted by molar-refractivity contribution is 0.177. The molecule has 0 amide bonds. The van der Waals surface area contributed by atoms with Crippen LogP contribution in [0.5, 0.6) is 0 Å². The van der Waals surface area contributed by atoms with Gasteiger partial charge in [-0.05, 0) is 44.1 Å². The minimum absolute atomic E-state index is 0.484. The summed E-state index contributed by atoms with van der Waals surface area (Å²) in [7, 11) is 2.12. The lowest BCUT2D eigenvalue weighted by Gasteiger charge is -2.38. The molecule has 1 aliphatic rings. The largest absolute Gasteiger partial charge is 0.426 e. The molecule has 0 aliphatic heterocycles. The summed E-state index contributed by atoms with van der Waals surface area (Å²) < 4.78 is 5.58. The molecule has 0 unspecified atom stereocenters. The second-order valence-electron chi connectivity index (χ2n) is 7.50. The molecule has 0 radical (unpaired) electrons. The van der Waals surface area contributed by atoms with Gasteiger partial charge in [-0.25, -0.2) is 0 Å². The van der Waals surface area contributed by atoms with Gasteiger partial charge in [-0.2, -0.15) is 5.26 Å². The van der Waals surface area contributed by atoms with E-state index in [1.807, 2.05) is 6.92 Å². The van der Waals surface area contributed by atoms with Crippen LogP contribution in [0.25, 0.3) is 0 Å². The second kappa shape index (κ2) is 8.43. The predicted octanol–water partition coefficient (Wildman–Crippen LogP) is 3.62. The van der Waals surface area contributed by atoms with Gasteiger partial charge in [-0.15, -0.1) is 10.2 Å². The Morgan fingerprint density at radius 1 is 1.38 bits per heavy atom. The summed E-state index contributed by atoms with van der Waals surface area (Å²) in [4.78, 5) is 2.29. The zero-order valence-corrected chi connectivity index (χ0v) is 15.6. The topological polar surface area (TPSA) is 66.0 Å². The minimum Gasteiger partial charge on any atom is -0.426 e. The minimum atomic E-state index is 0.484. The Kier molecular flexibility index (Phi) is 6.56. The Hall–Kier alpha value is -1.67. The third-order valence-corrected chi connectivity index (χ3v) is 5.20. The zero-order valence-electron chi connectivity index (χ0n) is 15.6. The third-order valence-electron chi connectivity index (χ3n) is 5.20. The Labute approximate surface area is 145 Å². The quantitative estimate of drug-likeness (QED) is 0.714. The van der Waals surface area contributed by atoms with Crippen molar-refractivity contribution in [1.29, 1.82) is 5.26 Å². The van der Waals surface area contributed by atoms with Crippen molar-refractivity contribution < 1.29 is 4.42 Å². The predicted molar refractivity (Wildman–Crippen MR) is 94.1 cm³/mol. The van der Waals surface area contributed by atoms with E-state index in [1.54, 1.807) is 0 Å². The monoisotopic (exact) mass is 330 g/mol. The second-order valence-corrected chi connectivity index (χ2v) is 7.50. The molecule has 1 heterocycles. The van der Waals surface area contributed by atoms with E-state index >= 15 is 0 Å². The molecule has 1 aromatic heterocycles. The van der Waals surface area contributed by atoms with Crippen molar-refractivity contribution in [2.75, 3.05) is 20.1 Å². The number of hydrogen-bond acceptors (Lipinski definition) is 5. The van der Waals surface area contributed by atoms with Gasteiger partial charge in [-0.3, -0.25) is 0 Å². The fourth-order valence-corrected chi connectivity index (χ4v) is 3.81. The van der Waals surface area contributed by atoms with Gasteiger partial charge in [0, 0.05) is 32.9 Å². The molecule has 0 fully saturated rings. The van der Waals surface area contributed by atoms with E-state index in [4.69, 9.17) is 9.68 Å². The first-order valence-electron chi connectivity index (χ1n) is 8.93. The van der Waals surface area contributed by atoms with Gasteiger partial charge in [0.2, 0.25) is 11.8 Å². The first-order chi connectivity index (χ1) is 11.4. The number of nitriles is 1. The molecule has 0 N–H and O–H groups in total. The van der Waals surface area contributed by atoms with E-state index in [9.17, 15) is 0 Å². The molecule has 0 bridgehead atoms. The van der Waals surface area contributed by atoms with E-state index in [-0.39, 0.29) is 0 Å². The lowest BCUT2D eigenvalue weighted by atomic mass is 9.69. The Balaban J connectivity index is 2.07. The van der Waals surface area contributed by atoms with Crippen LogP contribution < -0.4 is 0 Å². The molecule has 5 heteroatoms. The lowest BCUT2D eigenvalue weighted by Crippen LogP contribution is -2.36. The first-order valence-corrected chi connectivity index (χ1v) is 8.93. The van der Waals surface area contributed by atoms with E-state index in [0.717, 1.165) is 31.8 Å². The van der Waals surface area contributed by atoms with Crippen molar-refractivity contribution in [2.24, 2.45) is 23.7 Å². The summed E-state index contributed by atoms with van der Waals surface area (Å²) >= 11 is 0. The number of allylic oxidation sites excluding steroid dienone is 1. The van der Waals surface area contributed by atoms with Gasteiger partial charge in [0.05, 0.1) is 6.07 Å². The highest BCUT2D eigenvalue weighted by Crippen LogP contribution is 2.39. The molecule has 0 saturated heterocycles. The third kappa shape index (κ3) is 4.91. The Bertz CT molecular complexity index is 599. The van der Waals surface area contributed by atoms with E-state index in [0.29, 0.717) is 36.0 Å². The highest BCUT2D eigenvalue weighted by Gasteiger charge is 2.32. The molecule has 0 spiro atoms. The molecule has 1 aromatic rings. The maximum absolute atomic E-state index is 8.77. The smallest absolute Gasteiger partial charge is 0.217 e. The molecule has 2 rings (SSSR count). The molecule has 1 aliphatic carbocycles. The zero-order chi connectivity index (χ0) is 17.7. The van der Waals surface area contributed by atoms with Crippen LogP contribution in [0.3, 0.4) is 0 Å². The van der Waals surface area contributed by atoms with Crippen molar-refractivity contribution in [3.8, 4) is 6.07 Å². The van der Waals surface area contributed by atoms with Gasteiger partial charge in [0.15, 0.2) is 0 Å². The van der Waals surface area contributed by atoms with Crippen LogP contribution in [-0.2, 0) is 6.42 Å². The van der Waals surface area contributed by atoms with Crippen molar-refractivity contribution in [3.05, 3.63) is 23.4 Å². The van der Waals surface area contributed by atoms with Crippen LogP contribution in [0.2, 0.25) is 0 Å². The highest BCUT2D eigenvalue weighted by molar-refractivity contribution is 5.14. The number of hydrogen-bond donors (Lipinski definition) is 0. The maximum Gasteiger partial charge on any atom is 0.217 e. The van der Waals surface area contributed by atoms with E-state index in [2.05, 4.69) is 55.1 Å². The standard InChI is InChI=1S/C19H30N4O/c1-13(2)18-10-16(11-19-22-21-15(4)24-19)14(3)9-17(18)12-23(5)8-6-7-20/h9,13,16-18H,6,8,10-12H2,1-5H3/t16-,17-,18-/m0/s1. The Morgan fingerprint density at radius 3 is 2.71 bits per heavy atom. The average molecular weight is 330 g/mol. The van der Waals surface area contributed by atoms with Crippen LogP contribution >= 0.6 is 0 Å². The summed E-state index contributed by atoms with van der Waals surface area (Å²) in [6, 6.07) is 2.23. The molecular formula is C19H30N4O. The first kappa shape index (κ1) is 18.7. The van der Waals surface area contributed by atoms with Crippen molar-refractivity contribution >= 4 is 0 Å². The number of aryl methyl sites for hydroxylation is 1. The molecule has 5 nitrogen and oxygen atoms in total. The summed E-state index contributed by atoms with van der Waals surface area (Å²) in [5.74, 6) is 3.70. The molecule has 0 aromatic carbocycles. The highest BCUT2D eigenvalue weighted by atomic mass is 16.4. The summed E-state index contributed by atoms with van der Waals surface area (Å²) in [6.07, 6.45) is 5.05. The van der Waals surface area contributed by atoms with Crippen molar-refractivity contribution in [3.63, 3.8) is 0 Å². The van der Waals surface area contributed by atoms with Crippen molar-refractivity contribution in [1.82, 2.24) is 15.1 Å². The number of rotatable bonds is 7. The van der Waals surface area contributed by atoms with Crippen LogP contribution in [0.15, 0.2) is 16.1 Å². The molecule has 24 heavy (non-hydrogen) atoms. The van der Waals surface area contributed by atoms with Crippen LogP contribution in [-0.4, -0.2) is 35.2 Å². The fraction of sp³-hybridized carbons (Fsp3) is 0.737. The molecular weight excluding hydrogens is 300 g/mol. The summed E-state index contributed by atoms with van der Waals surface area (Å²) in [5.41, 5.74) is 1.43. The van der Waals surface area contributed by atoms with Crippen LogP contribution in [0.4, 0.5) is 0 Å². The SMILES string of the molecule is CC1=C[C@@H](CN(C)CCC#N)[C@H](C(C)C)C[C@H]1Cc1nnc(C)o1. The summed E-state index contributed by atoms with van der Waals surface area (Å²) in [6.45, 7) is 10.6. The molecule has 132 valence electrons. The number of aromatic nitrogens is 2. The number of nitrogens with zero attached hydrogens (tertiary/aromatic N) is 4. The average Bonchev–Trinajstić information content (AvgIpc) is 2.92. The molecule has 3 atom stereocenters. The Morgan fingerprint density at radius 2 is 2.12 bits per heavy atom. The van der Waals surface area contributed by atoms with Crippen LogP contribution in [0.1, 0.15) is 45.4 Å². The van der Waals surface area contributed by atoms with Crippen LogP contribution in [0, 0.1) is 41.9 Å². The van der Waals surface area contributed by atoms with E-state index < -0.39 is 0 Å². The molecule has 0 saturated carbocycles. The van der Waals surface area contributed by atoms with Gasteiger partial charge in [0.1, 0.15) is 0 Å². The van der Waals surface area contributed by atoms with Crippen molar-refractivity contribution in [2.45, 2.75) is 47.0 Å². The van der Waals surface area contributed by atoms with Gasteiger partial charge >= 0.3 is 0 Å². The van der Waals surface area contributed by atoms with Gasteiger partial charge in [-0.1, -0.05) is 25.5 Å². The van der Waals surface area contributed by atoms with E-state index in [1.165, 1.54) is 5.57 Å². The van der Waals surface area contributed by atoms with Gasteiger partial charge in [0.25, 0.3) is 0 Å². The summed E-state index contributed by atoms with van der Waals surface area (Å²) in [5, 5.41) is 16.9. The normalized spacial score (nSPS) is 24.2. The van der Waals surface area contributed by atoms with Gasteiger partial charge < -0.3 is 9.32 Å². The fourth-order valence-electron chi connectivity index (χ4n) is 3.81.